The van der Waals surface area contributed by atoms with Crippen LogP contribution in [0.4, 0.5) is 0 Å². The van der Waals surface area contributed by atoms with Crippen molar-refractivity contribution in [3.63, 3.8) is 0 Å². The van der Waals surface area contributed by atoms with E-state index in [1.807, 2.05) is 30.5 Å². The number of aryl methyl sites for hydroxylation is 1. The van der Waals surface area contributed by atoms with Crippen LogP contribution in [0.3, 0.4) is 0 Å². The highest BCUT2D eigenvalue weighted by molar-refractivity contribution is 5.79. The Kier molecular flexibility index (Phi) is 5.01. The number of hydrogen-bond acceptors (Lipinski definition) is 2. The normalized spacial score (nSPS) is 18.3. The molecule has 3 heteroatoms. The van der Waals surface area contributed by atoms with Gasteiger partial charge in [0.25, 0.3) is 0 Å². The van der Waals surface area contributed by atoms with Gasteiger partial charge in [-0.2, -0.15) is 0 Å². The number of rotatable bonds is 5. The molecule has 1 heterocycles. The number of nitrogens with zero attached hydrogens (tertiary/aromatic N) is 1. The highest BCUT2D eigenvalue weighted by Gasteiger charge is 2.37. The summed E-state index contributed by atoms with van der Waals surface area (Å²) in [5, 5.41) is 0. The Bertz CT molecular complexity index is 868. The van der Waals surface area contributed by atoms with E-state index in [4.69, 9.17) is 5.73 Å². The zero-order valence-corrected chi connectivity index (χ0v) is 15.3. The van der Waals surface area contributed by atoms with Crippen LogP contribution in [0.5, 0.6) is 0 Å². The van der Waals surface area contributed by atoms with Crippen LogP contribution in [0.2, 0.25) is 0 Å². The third kappa shape index (κ3) is 3.63. The Morgan fingerprint density at radius 1 is 0.926 bits per heavy atom. The molecule has 1 aromatic heterocycles. The molecular formula is C24H24N2O. The van der Waals surface area contributed by atoms with Crippen molar-refractivity contribution in [1.82, 2.24) is 4.98 Å². The smallest absolute Gasteiger partial charge is 0.221 e. The Morgan fingerprint density at radius 3 is 2.33 bits per heavy atom. The molecule has 0 spiro atoms. The van der Waals surface area contributed by atoms with Crippen molar-refractivity contribution in [3.8, 4) is 0 Å². The standard InChI is InChI=1S/C24H24N2O/c25-24(27)23(20-13-12-17-7-4-5-10-19(17)15-20)22(18-8-2-1-3-9-18)21-11-6-14-26-16-21/h1-11,14,16,20,22-23H,12-13,15H2,(H2,25,27). The van der Waals surface area contributed by atoms with E-state index < -0.39 is 0 Å². The molecule has 136 valence electrons. The molecule has 3 aromatic rings. The third-order valence-electron chi connectivity index (χ3n) is 5.78. The summed E-state index contributed by atoms with van der Waals surface area (Å²) in [6.07, 6.45) is 6.51. The van der Waals surface area contributed by atoms with Crippen molar-refractivity contribution in [2.45, 2.75) is 25.2 Å². The Hall–Kier alpha value is -2.94. The number of pyridine rings is 1. The van der Waals surface area contributed by atoms with E-state index in [-0.39, 0.29) is 23.7 Å². The maximum Gasteiger partial charge on any atom is 0.221 e. The summed E-state index contributed by atoms with van der Waals surface area (Å²) < 4.78 is 0. The van der Waals surface area contributed by atoms with Crippen LogP contribution in [-0.2, 0) is 17.6 Å². The SMILES string of the molecule is NC(=O)C(C1CCc2ccccc2C1)C(c1ccccc1)c1cccnc1. The number of carbonyl (C=O) groups is 1. The topological polar surface area (TPSA) is 56.0 Å². The minimum absolute atomic E-state index is 0.0762. The number of nitrogens with two attached hydrogens (primary N) is 1. The number of primary amides is 1. The number of carbonyl (C=O) groups excluding carboxylic acids is 1. The summed E-state index contributed by atoms with van der Waals surface area (Å²) >= 11 is 0. The van der Waals surface area contributed by atoms with Gasteiger partial charge in [0.2, 0.25) is 5.91 Å². The van der Waals surface area contributed by atoms with Crippen molar-refractivity contribution >= 4 is 5.91 Å². The van der Waals surface area contributed by atoms with Gasteiger partial charge in [-0.25, -0.2) is 0 Å². The molecule has 0 saturated carbocycles. The molecule has 3 unspecified atom stereocenters. The average Bonchev–Trinajstić information content (AvgIpc) is 2.72. The lowest BCUT2D eigenvalue weighted by Gasteiger charge is -2.35. The number of benzene rings is 2. The van der Waals surface area contributed by atoms with Crippen LogP contribution >= 0.6 is 0 Å². The lowest BCUT2D eigenvalue weighted by molar-refractivity contribution is -0.124. The second-order valence-corrected chi connectivity index (χ2v) is 7.37. The van der Waals surface area contributed by atoms with E-state index in [0.717, 1.165) is 30.4 Å². The zero-order valence-electron chi connectivity index (χ0n) is 15.3. The van der Waals surface area contributed by atoms with Crippen LogP contribution in [0.15, 0.2) is 79.1 Å². The maximum absolute atomic E-state index is 12.7. The predicted octanol–water partition coefficient (Wildman–Crippen LogP) is 4.12. The van der Waals surface area contributed by atoms with E-state index in [0.29, 0.717) is 0 Å². The van der Waals surface area contributed by atoms with Crippen LogP contribution in [0, 0.1) is 11.8 Å². The average molecular weight is 356 g/mol. The highest BCUT2D eigenvalue weighted by atomic mass is 16.1. The molecule has 4 rings (SSSR count). The molecule has 0 aliphatic heterocycles. The third-order valence-corrected chi connectivity index (χ3v) is 5.78. The summed E-state index contributed by atoms with van der Waals surface area (Å²) in [6.45, 7) is 0. The number of hydrogen-bond donors (Lipinski definition) is 1. The van der Waals surface area contributed by atoms with Gasteiger partial charge in [0, 0.05) is 18.3 Å². The van der Waals surface area contributed by atoms with Crippen LogP contribution in [0.25, 0.3) is 0 Å². The quantitative estimate of drug-likeness (QED) is 0.747. The van der Waals surface area contributed by atoms with Gasteiger partial charge >= 0.3 is 0 Å². The van der Waals surface area contributed by atoms with Gasteiger partial charge < -0.3 is 5.73 Å². The van der Waals surface area contributed by atoms with E-state index >= 15 is 0 Å². The lowest BCUT2D eigenvalue weighted by atomic mass is 9.68. The van der Waals surface area contributed by atoms with Crippen molar-refractivity contribution in [2.24, 2.45) is 17.6 Å². The largest absolute Gasteiger partial charge is 0.369 e. The summed E-state index contributed by atoms with van der Waals surface area (Å²) in [5.74, 6) is -0.336. The van der Waals surface area contributed by atoms with Crippen LogP contribution < -0.4 is 5.73 Å². The second kappa shape index (κ2) is 7.75. The summed E-state index contributed by atoms with van der Waals surface area (Å²) in [4.78, 5) is 17.0. The van der Waals surface area contributed by atoms with Gasteiger partial charge in [0.15, 0.2) is 0 Å². The Balaban J connectivity index is 1.75. The Morgan fingerprint density at radius 2 is 1.63 bits per heavy atom. The summed E-state index contributed by atoms with van der Waals surface area (Å²) in [5.41, 5.74) is 10.9. The molecule has 1 amide bonds. The molecule has 2 N–H and O–H groups in total. The van der Waals surface area contributed by atoms with Gasteiger partial charge in [-0.3, -0.25) is 9.78 Å². The predicted molar refractivity (Wildman–Crippen MR) is 107 cm³/mol. The fraction of sp³-hybridized carbons (Fsp3) is 0.250. The number of fused-ring (bicyclic) bond motifs is 1. The highest BCUT2D eigenvalue weighted by Crippen LogP contribution is 2.41. The zero-order chi connectivity index (χ0) is 18.6. The molecule has 27 heavy (non-hydrogen) atoms. The summed E-state index contributed by atoms with van der Waals surface area (Å²) in [6, 6.07) is 22.7. The first-order valence-corrected chi connectivity index (χ1v) is 9.55. The van der Waals surface area contributed by atoms with Crippen LogP contribution in [-0.4, -0.2) is 10.9 Å². The summed E-state index contributed by atoms with van der Waals surface area (Å²) in [7, 11) is 0. The first-order chi connectivity index (χ1) is 13.2. The molecule has 3 nitrogen and oxygen atoms in total. The van der Waals surface area contributed by atoms with Crippen molar-refractivity contribution in [3.05, 3.63) is 101 Å². The van der Waals surface area contributed by atoms with Gasteiger partial charge in [0.1, 0.15) is 0 Å². The van der Waals surface area contributed by atoms with Crippen LogP contribution in [0.1, 0.15) is 34.6 Å². The van der Waals surface area contributed by atoms with E-state index in [2.05, 4.69) is 47.4 Å². The minimum Gasteiger partial charge on any atom is -0.369 e. The van der Waals surface area contributed by atoms with Gasteiger partial charge in [-0.15, -0.1) is 0 Å². The van der Waals surface area contributed by atoms with E-state index in [9.17, 15) is 4.79 Å². The van der Waals surface area contributed by atoms with E-state index in [1.165, 1.54) is 11.1 Å². The van der Waals surface area contributed by atoms with Crippen molar-refractivity contribution in [2.75, 3.05) is 0 Å². The van der Waals surface area contributed by atoms with Crippen molar-refractivity contribution < 1.29 is 4.79 Å². The molecular weight excluding hydrogens is 332 g/mol. The molecule has 0 radical (unpaired) electrons. The molecule has 0 bridgehead atoms. The molecule has 3 atom stereocenters. The monoisotopic (exact) mass is 356 g/mol. The first-order valence-electron chi connectivity index (χ1n) is 9.55. The molecule has 1 aliphatic rings. The molecule has 2 aromatic carbocycles. The van der Waals surface area contributed by atoms with Gasteiger partial charge in [0.05, 0.1) is 5.92 Å². The number of aromatic nitrogens is 1. The first kappa shape index (κ1) is 17.5. The molecule has 0 fully saturated rings. The number of amides is 1. The fourth-order valence-electron chi connectivity index (χ4n) is 4.53. The van der Waals surface area contributed by atoms with Gasteiger partial charge in [-0.1, -0.05) is 60.7 Å². The van der Waals surface area contributed by atoms with Gasteiger partial charge in [-0.05, 0) is 53.5 Å². The van der Waals surface area contributed by atoms with Crippen molar-refractivity contribution in [1.29, 1.82) is 0 Å². The maximum atomic E-state index is 12.7. The second-order valence-electron chi connectivity index (χ2n) is 7.37. The van der Waals surface area contributed by atoms with E-state index in [1.54, 1.807) is 6.20 Å². The minimum atomic E-state index is -0.259. The molecule has 0 saturated heterocycles. The fourth-order valence-corrected chi connectivity index (χ4v) is 4.53. The molecule has 1 aliphatic carbocycles. The Labute approximate surface area is 160 Å². The lowest BCUT2D eigenvalue weighted by Crippen LogP contribution is -2.38.